The number of hydrogen-bond acceptors (Lipinski definition) is 10. The lowest BCUT2D eigenvalue weighted by Gasteiger charge is -2.20. The van der Waals surface area contributed by atoms with Gasteiger partial charge < -0.3 is 29.3 Å². The largest absolute Gasteiger partial charge is 0.472 e. The summed E-state index contributed by atoms with van der Waals surface area (Å²) >= 11 is 0. The van der Waals surface area contributed by atoms with E-state index in [9.17, 15) is 24.2 Å². The van der Waals surface area contributed by atoms with E-state index in [1.165, 1.54) is 25.7 Å². The second kappa shape index (κ2) is 37.1. The Hall–Kier alpha value is -2.89. The van der Waals surface area contributed by atoms with Gasteiger partial charge >= 0.3 is 19.8 Å². The molecule has 0 radical (unpaired) electrons. The number of rotatable bonds is 38. The van der Waals surface area contributed by atoms with Crippen LogP contribution >= 0.6 is 7.82 Å². The molecular formula is C46H75O11P. The highest BCUT2D eigenvalue weighted by Gasteiger charge is 2.36. The van der Waals surface area contributed by atoms with Gasteiger partial charge in [0.25, 0.3) is 0 Å². The van der Waals surface area contributed by atoms with Crippen LogP contribution in [0.2, 0.25) is 0 Å². The number of hydrogen-bond donors (Lipinski definition) is 3. The van der Waals surface area contributed by atoms with Crippen LogP contribution in [0.25, 0.3) is 0 Å². The Balaban J connectivity index is 2.32. The molecule has 1 fully saturated rings. The lowest BCUT2D eigenvalue weighted by Crippen LogP contribution is -2.29. The van der Waals surface area contributed by atoms with Crippen LogP contribution in [0.1, 0.15) is 142 Å². The molecule has 0 aliphatic carbocycles. The third-order valence-corrected chi connectivity index (χ3v) is 9.92. The Labute approximate surface area is 349 Å². The van der Waals surface area contributed by atoms with E-state index in [0.29, 0.717) is 25.0 Å². The third-order valence-electron chi connectivity index (χ3n) is 8.97. The standard InChI is InChI=1S/C46H75O11P/c1-3-5-7-8-9-10-11-12-13-14-15-16-17-18-19-20-25-28-32-36-46(50)56-42(40-55-58(51,52)54-38-41(48)37-47)39-53-45(49)35-31-27-24-22-21-23-26-30-34-44-43(57-44)33-29-6-4-2/h5,7,9-10,12-13,15-16,18-19,25-26,28,30,41-44,47-48H,3-4,6,8,11,14,17,20-24,27,29,31-40H2,1-2H3,(H,51,52)/b7-5-,10-9-,13-12-,16-15-,19-18-,28-25-,30-26-/t41-,42+,43?,44?/m0/s1. The van der Waals surface area contributed by atoms with E-state index in [-0.39, 0.29) is 19.4 Å². The van der Waals surface area contributed by atoms with Crippen molar-refractivity contribution in [3.8, 4) is 0 Å². The zero-order chi connectivity index (χ0) is 42.4. The summed E-state index contributed by atoms with van der Waals surface area (Å²) in [4.78, 5) is 35.0. The van der Waals surface area contributed by atoms with Crippen LogP contribution < -0.4 is 0 Å². The number of unbranched alkanes of at least 4 members (excludes halogenated alkanes) is 7. The number of ether oxygens (including phenoxy) is 3. The molecule has 1 saturated heterocycles. The van der Waals surface area contributed by atoms with Crippen molar-refractivity contribution in [2.75, 3.05) is 26.4 Å². The van der Waals surface area contributed by atoms with E-state index in [4.69, 9.17) is 23.8 Å². The van der Waals surface area contributed by atoms with E-state index in [0.717, 1.165) is 77.0 Å². The van der Waals surface area contributed by atoms with Crippen LogP contribution in [0.15, 0.2) is 85.1 Å². The van der Waals surface area contributed by atoms with E-state index in [1.807, 2.05) is 12.2 Å². The van der Waals surface area contributed by atoms with Crippen molar-refractivity contribution >= 4 is 19.8 Å². The number of carbonyl (C=O) groups is 2. The summed E-state index contributed by atoms with van der Waals surface area (Å²) in [6.45, 7) is 2.10. The van der Waals surface area contributed by atoms with Crippen molar-refractivity contribution in [3.63, 3.8) is 0 Å². The van der Waals surface area contributed by atoms with Crippen LogP contribution in [-0.2, 0) is 37.4 Å². The van der Waals surface area contributed by atoms with Gasteiger partial charge in [-0.2, -0.15) is 0 Å². The first-order valence-corrected chi connectivity index (χ1v) is 23.2. The number of phosphoric acid groups is 1. The normalized spacial score (nSPS) is 18.2. The molecule has 330 valence electrons. The summed E-state index contributed by atoms with van der Waals surface area (Å²) in [5.74, 6) is -1.05. The van der Waals surface area contributed by atoms with Gasteiger partial charge in [-0.3, -0.25) is 18.6 Å². The average Bonchev–Trinajstić information content (AvgIpc) is 3.97. The zero-order valence-corrected chi connectivity index (χ0v) is 36.3. The minimum atomic E-state index is -4.65. The summed E-state index contributed by atoms with van der Waals surface area (Å²) in [6.07, 6.45) is 45.9. The highest BCUT2D eigenvalue weighted by Crippen LogP contribution is 2.43. The summed E-state index contributed by atoms with van der Waals surface area (Å²) in [5, 5.41) is 18.3. The molecule has 11 nitrogen and oxygen atoms in total. The Morgan fingerprint density at radius 2 is 1.21 bits per heavy atom. The quantitative estimate of drug-likeness (QED) is 0.0178. The SMILES string of the molecule is CC/C=C\C/C=C\C/C=C\C/C=C\C/C=C\C/C=C\CCC(=O)O[C@H](COC(=O)CCCCCCC/C=C\CC1OC1CCCCC)COP(=O)(O)OC[C@@H](O)CO. The van der Waals surface area contributed by atoms with E-state index in [2.05, 4.69) is 91.3 Å². The average molecular weight is 835 g/mol. The molecule has 0 aromatic carbocycles. The first kappa shape index (κ1) is 53.1. The maximum atomic E-state index is 12.6. The van der Waals surface area contributed by atoms with Gasteiger partial charge in [0.2, 0.25) is 0 Å². The van der Waals surface area contributed by atoms with Crippen LogP contribution in [-0.4, -0.2) is 77.9 Å². The van der Waals surface area contributed by atoms with Crippen molar-refractivity contribution in [2.24, 2.45) is 0 Å². The molecule has 5 atom stereocenters. The van der Waals surface area contributed by atoms with Crippen molar-refractivity contribution in [2.45, 2.75) is 167 Å². The summed E-state index contributed by atoms with van der Waals surface area (Å²) in [6, 6.07) is 0. The fourth-order valence-electron chi connectivity index (χ4n) is 5.55. The van der Waals surface area contributed by atoms with Gasteiger partial charge in [0.15, 0.2) is 6.10 Å². The highest BCUT2D eigenvalue weighted by molar-refractivity contribution is 7.47. The van der Waals surface area contributed by atoms with Crippen molar-refractivity contribution < 1.29 is 52.5 Å². The van der Waals surface area contributed by atoms with E-state index in [1.54, 1.807) is 0 Å². The Kier molecular flexibility index (Phi) is 34.0. The number of epoxide rings is 1. The van der Waals surface area contributed by atoms with Gasteiger partial charge in [0, 0.05) is 12.8 Å². The molecule has 0 aromatic rings. The second-order valence-electron chi connectivity index (χ2n) is 14.4. The number of esters is 2. The fourth-order valence-corrected chi connectivity index (χ4v) is 6.34. The van der Waals surface area contributed by atoms with Gasteiger partial charge in [-0.05, 0) is 77.0 Å². The summed E-state index contributed by atoms with van der Waals surface area (Å²) in [5.41, 5.74) is 0. The molecule has 1 heterocycles. The third kappa shape index (κ3) is 34.0. The smallest absolute Gasteiger partial charge is 0.462 e. The van der Waals surface area contributed by atoms with Crippen LogP contribution in [0.4, 0.5) is 0 Å². The first-order valence-electron chi connectivity index (χ1n) is 21.7. The molecule has 3 unspecified atom stereocenters. The molecule has 0 spiro atoms. The first-order chi connectivity index (χ1) is 28.2. The number of phosphoric ester groups is 1. The Bertz CT molecular complexity index is 1300. The maximum Gasteiger partial charge on any atom is 0.472 e. The Morgan fingerprint density at radius 3 is 1.83 bits per heavy atom. The zero-order valence-electron chi connectivity index (χ0n) is 35.4. The molecule has 0 bridgehead atoms. The van der Waals surface area contributed by atoms with Crippen molar-refractivity contribution in [3.05, 3.63) is 85.1 Å². The van der Waals surface area contributed by atoms with E-state index < -0.39 is 51.8 Å². The molecule has 0 amide bonds. The van der Waals surface area contributed by atoms with Gasteiger partial charge in [-0.25, -0.2) is 4.57 Å². The number of aliphatic hydroxyl groups is 2. The number of allylic oxidation sites excluding steroid dienone is 13. The van der Waals surface area contributed by atoms with Gasteiger partial charge in [-0.15, -0.1) is 0 Å². The van der Waals surface area contributed by atoms with Crippen LogP contribution in [0, 0.1) is 0 Å². The highest BCUT2D eigenvalue weighted by atomic mass is 31.2. The van der Waals surface area contributed by atoms with Crippen LogP contribution in [0.5, 0.6) is 0 Å². The molecule has 1 aliphatic rings. The lowest BCUT2D eigenvalue weighted by molar-refractivity contribution is -0.161. The van der Waals surface area contributed by atoms with Gasteiger partial charge in [0.1, 0.15) is 12.7 Å². The molecule has 3 N–H and O–H groups in total. The molecule has 1 rings (SSSR count). The predicted molar refractivity (Wildman–Crippen MR) is 232 cm³/mol. The monoisotopic (exact) mass is 835 g/mol. The topological polar surface area (TPSA) is 161 Å². The van der Waals surface area contributed by atoms with Crippen LogP contribution in [0.3, 0.4) is 0 Å². The van der Waals surface area contributed by atoms with Crippen molar-refractivity contribution in [1.29, 1.82) is 0 Å². The minimum absolute atomic E-state index is 0.0485. The van der Waals surface area contributed by atoms with E-state index >= 15 is 0 Å². The number of aliphatic hydroxyl groups excluding tert-OH is 2. The number of carbonyl (C=O) groups excluding carboxylic acids is 2. The minimum Gasteiger partial charge on any atom is -0.462 e. The molecule has 58 heavy (non-hydrogen) atoms. The lowest BCUT2D eigenvalue weighted by atomic mass is 10.1. The fraction of sp³-hybridized carbons (Fsp3) is 0.652. The molecule has 0 aromatic heterocycles. The Morgan fingerprint density at radius 1 is 0.638 bits per heavy atom. The molecule has 0 saturated carbocycles. The van der Waals surface area contributed by atoms with Gasteiger partial charge in [-0.1, -0.05) is 137 Å². The van der Waals surface area contributed by atoms with Crippen molar-refractivity contribution in [1.82, 2.24) is 0 Å². The predicted octanol–water partition coefficient (Wildman–Crippen LogP) is 10.4. The molecular weight excluding hydrogens is 759 g/mol. The van der Waals surface area contributed by atoms with Gasteiger partial charge in [0.05, 0.1) is 32.0 Å². The summed E-state index contributed by atoms with van der Waals surface area (Å²) < 4.78 is 38.3. The molecule has 1 aliphatic heterocycles. The second-order valence-corrected chi connectivity index (χ2v) is 15.8. The molecule has 12 heteroatoms. The maximum absolute atomic E-state index is 12.6. The summed E-state index contributed by atoms with van der Waals surface area (Å²) in [7, 11) is -4.65.